The molecule has 0 bridgehead atoms. The van der Waals surface area contributed by atoms with Crippen LogP contribution in [0.25, 0.3) is 0 Å². The highest BCUT2D eigenvalue weighted by molar-refractivity contribution is 5.82. The van der Waals surface area contributed by atoms with Gasteiger partial charge in [0.15, 0.2) is 6.04 Å². The maximum atomic E-state index is 11.5. The van der Waals surface area contributed by atoms with Gasteiger partial charge in [-0.25, -0.2) is 9.59 Å². The third-order valence-corrected chi connectivity index (χ3v) is 3.11. The highest BCUT2D eigenvalue weighted by Crippen LogP contribution is 2.19. The Morgan fingerprint density at radius 2 is 2.22 bits per heavy atom. The van der Waals surface area contributed by atoms with Crippen LogP contribution >= 0.6 is 0 Å². The first-order chi connectivity index (χ1) is 8.49. The molecule has 1 fully saturated rings. The Labute approximate surface area is 105 Å². The number of carbonyl (C=O) groups is 2. The molecule has 5 nitrogen and oxygen atoms in total. The number of carboxylic acids is 1. The maximum Gasteiger partial charge on any atom is 0.411 e. The Balaban J connectivity index is 2.24. The SMILES string of the molecule is Cc1ccc(C)c(CN2C(=O)OCC2C(=O)O)c1. The first kappa shape index (κ1) is 12.4. The number of aryl methyl sites for hydroxylation is 2. The summed E-state index contributed by atoms with van der Waals surface area (Å²) in [5, 5.41) is 9.03. The lowest BCUT2D eigenvalue weighted by Crippen LogP contribution is -2.38. The topological polar surface area (TPSA) is 66.8 Å². The number of aliphatic carboxylic acids is 1. The van der Waals surface area contributed by atoms with E-state index in [4.69, 9.17) is 9.84 Å². The number of amides is 1. The molecule has 0 radical (unpaired) electrons. The highest BCUT2D eigenvalue weighted by atomic mass is 16.6. The Morgan fingerprint density at radius 1 is 1.50 bits per heavy atom. The lowest BCUT2D eigenvalue weighted by Gasteiger charge is -2.19. The van der Waals surface area contributed by atoms with Gasteiger partial charge in [0.1, 0.15) is 6.61 Å². The standard InChI is InChI=1S/C13H15NO4/c1-8-3-4-9(2)10(5-8)6-14-11(12(15)16)7-18-13(14)17/h3-5,11H,6-7H2,1-2H3,(H,15,16). The summed E-state index contributed by atoms with van der Waals surface area (Å²) >= 11 is 0. The average Bonchev–Trinajstić information content (AvgIpc) is 2.66. The van der Waals surface area contributed by atoms with Crippen LogP contribution in [-0.4, -0.2) is 34.7 Å². The van der Waals surface area contributed by atoms with Crippen molar-refractivity contribution in [2.24, 2.45) is 0 Å². The molecule has 1 aromatic rings. The van der Waals surface area contributed by atoms with Crippen molar-refractivity contribution in [2.75, 3.05) is 6.61 Å². The monoisotopic (exact) mass is 249 g/mol. The molecule has 0 aliphatic carbocycles. The van der Waals surface area contributed by atoms with Crippen molar-refractivity contribution < 1.29 is 19.4 Å². The molecule has 5 heteroatoms. The number of hydrogen-bond donors (Lipinski definition) is 1. The number of carbonyl (C=O) groups excluding carboxylic acids is 1. The zero-order chi connectivity index (χ0) is 13.3. The van der Waals surface area contributed by atoms with E-state index >= 15 is 0 Å². The molecule has 18 heavy (non-hydrogen) atoms. The summed E-state index contributed by atoms with van der Waals surface area (Å²) in [5.74, 6) is -1.04. The number of nitrogens with zero attached hydrogens (tertiary/aromatic N) is 1. The molecule has 2 rings (SSSR count). The number of benzene rings is 1. The second-order valence-corrected chi connectivity index (χ2v) is 4.49. The van der Waals surface area contributed by atoms with Gasteiger partial charge < -0.3 is 9.84 Å². The fourth-order valence-corrected chi connectivity index (χ4v) is 1.98. The molecule has 96 valence electrons. The van der Waals surface area contributed by atoms with Crippen LogP contribution in [-0.2, 0) is 16.1 Å². The van der Waals surface area contributed by atoms with Crippen LogP contribution < -0.4 is 0 Å². The van der Waals surface area contributed by atoms with Crippen LogP contribution in [0.5, 0.6) is 0 Å². The molecule has 0 saturated carbocycles. The molecule has 1 aromatic carbocycles. The van der Waals surface area contributed by atoms with Crippen molar-refractivity contribution in [1.29, 1.82) is 0 Å². The van der Waals surface area contributed by atoms with Gasteiger partial charge in [-0.05, 0) is 25.0 Å². The first-order valence-electron chi connectivity index (χ1n) is 5.71. The summed E-state index contributed by atoms with van der Waals surface area (Å²) in [7, 11) is 0. The molecule has 1 atom stereocenters. The van der Waals surface area contributed by atoms with E-state index in [1.54, 1.807) is 0 Å². The van der Waals surface area contributed by atoms with E-state index in [2.05, 4.69) is 0 Å². The molecule has 1 aliphatic rings. The van der Waals surface area contributed by atoms with Gasteiger partial charge in [0.25, 0.3) is 0 Å². The number of rotatable bonds is 3. The van der Waals surface area contributed by atoms with Crippen LogP contribution in [0.15, 0.2) is 18.2 Å². The lowest BCUT2D eigenvalue weighted by atomic mass is 10.0. The molecule has 1 amide bonds. The van der Waals surface area contributed by atoms with Crippen LogP contribution in [0.1, 0.15) is 16.7 Å². The lowest BCUT2D eigenvalue weighted by molar-refractivity contribution is -0.141. The second-order valence-electron chi connectivity index (χ2n) is 4.49. The van der Waals surface area contributed by atoms with Gasteiger partial charge >= 0.3 is 12.1 Å². The molecule has 1 N–H and O–H groups in total. The molecule has 1 heterocycles. The Kier molecular flexibility index (Phi) is 3.23. The van der Waals surface area contributed by atoms with Gasteiger partial charge in [-0.15, -0.1) is 0 Å². The van der Waals surface area contributed by atoms with Gasteiger partial charge in [0, 0.05) is 0 Å². The normalized spacial score (nSPS) is 18.9. The van der Waals surface area contributed by atoms with Crippen molar-refractivity contribution in [3.05, 3.63) is 34.9 Å². The zero-order valence-electron chi connectivity index (χ0n) is 10.3. The van der Waals surface area contributed by atoms with Crippen molar-refractivity contribution >= 4 is 12.1 Å². The summed E-state index contributed by atoms with van der Waals surface area (Å²) in [5.41, 5.74) is 3.06. The molecule has 0 spiro atoms. The minimum atomic E-state index is -1.04. The maximum absolute atomic E-state index is 11.5. The first-order valence-corrected chi connectivity index (χ1v) is 5.71. The fraction of sp³-hybridized carbons (Fsp3) is 0.385. The third kappa shape index (κ3) is 2.30. The van der Waals surface area contributed by atoms with Crippen LogP contribution in [0.4, 0.5) is 4.79 Å². The van der Waals surface area contributed by atoms with E-state index in [1.807, 2.05) is 32.0 Å². The van der Waals surface area contributed by atoms with Gasteiger partial charge in [0.05, 0.1) is 6.54 Å². The Bertz CT molecular complexity index is 498. The Morgan fingerprint density at radius 3 is 2.89 bits per heavy atom. The molecular formula is C13H15NO4. The predicted octanol–water partition coefficient (Wildman–Crippen LogP) is 1.71. The van der Waals surface area contributed by atoms with Crippen molar-refractivity contribution in [3.8, 4) is 0 Å². The molecule has 1 aliphatic heterocycles. The van der Waals surface area contributed by atoms with E-state index in [9.17, 15) is 9.59 Å². The molecule has 1 saturated heterocycles. The van der Waals surface area contributed by atoms with Gasteiger partial charge in [0.2, 0.25) is 0 Å². The van der Waals surface area contributed by atoms with E-state index in [0.29, 0.717) is 0 Å². The number of hydrogen-bond acceptors (Lipinski definition) is 3. The van der Waals surface area contributed by atoms with Crippen LogP contribution in [0.2, 0.25) is 0 Å². The van der Waals surface area contributed by atoms with Crippen LogP contribution in [0.3, 0.4) is 0 Å². The quantitative estimate of drug-likeness (QED) is 0.885. The van der Waals surface area contributed by atoms with Crippen molar-refractivity contribution in [3.63, 3.8) is 0 Å². The van der Waals surface area contributed by atoms with Crippen LogP contribution in [0, 0.1) is 13.8 Å². The number of carboxylic acid groups (broad SMARTS) is 1. The molecule has 0 aromatic heterocycles. The summed E-state index contributed by atoms with van der Waals surface area (Å²) < 4.78 is 4.79. The largest absolute Gasteiger partial charge is 0.480 e. The van der Waals surface area contributed by atoms with Crippen molar-refractivity contribution in [2.45, 2.75) is 26.4 Å². The van der Waals surface area contributed by atoms with E-state index < -0.39 is 18.1 Å². The minimum Gasteiger partial charge on any atom is -0.480 e. The summed E-state index contributed by atoms with van der Waals surface area (Å²) in [6.07, 6.45) is -0.566. The van der Waals surface area contributed by atoms with Gasteiger partial charge in [-0.3, -0.25) is 4.90 Å². The van der Waals surface area contributed by atoms with E-state index in [-0.39, 0.29) is 13.2 Å². The third-order valence-electron chi connectivity index (χ3n) is 3.11. The highest BCUT2D eigenvalue weighted by Gasteiger charge is 2.38. The average molecular weight is 249 g/mol. The fourth-order valence-electron chi connectivity index (χ4n) is 1.98. The predicted molar refractivity (Wildman–Crippen MR) is 64.2 cm³/mol. The van der Waals surface area contributed by atoms with E-state index in [1.165, 1.54) is 4.90 Å². The zero-order valence-corrected chi connectivity index (χ0v) is 10.3. The van der Waals surface area contributed by atoms with E-state index in [0.717, 1.165) is 16.7 Å². The number of ether oxygens (including phenoxy) is 1. The number of cyclic esters (lactones) is 1. The van der Waals surface area contributed by atoms with Gasteiger partial charge in [-0.2, -0.15) is 0 Å². The van der Waals surface area contributed by atoms with Gasteiger partial charge in [-0.1, -0.05) is 23.8 Å². The smallest absolute Gasteiger partial charge is 0.411 e. The Hall–Kier alpha value is -2.04. The minimum absolute atomic E-state index is 0.0843. The summed E-state index contributed by atoms with van der Waals surface area (Å²) in [6, 6.07) is 5.01. The summed E-state index contributed by atoms with van der Waals surface area (Å²) in [4.78, 5) is 23.8. The second kappa shape index (κ2) is 4.68. The van der Waals surface area contributed by atoms with Crippen molar-refractivity contribution in [1.82, 2.24) is 4.90 Å². The molecular weight excluding hydrogens is 234 g/mol. The molecule has 1 unspecified atom stereocenters. The summed E-state index contributed by atoms with van der Waals surface area (Å²) in [6.45, 7) is 4.08.